The van der Waals surface area contributed by atoms with Gasteiger partial charge in [-0.25, -0.2) is 17.9 Å². The second-order valence-electron chi connectivity index (χ2n) is 3.17. The summed E-state index contributed by atoms with van der Waals surface area (Å²) in [6.45, 7) is -0.00799. The van der Waals surface area contributed by atoms with Gasteiger partial charge in [-0.2, -0.15) is 0 Å². The SMILES string of the molecule is [2H]c1c(CNS(C)(=O)=O)cccc1NC(N)=O. The molecule has 0 radical (unpaired) electrons. The summed E-state index contributed by atoms with van der Waals surface area (Å²) in [5.41, 5.74) is 5.63. The van der Waals surface area contributed by atoms with Crippen LogP contribution in [0.5, 0.6) is 0 Å². The number of benzene rings is 1. The van der Waals surface area contributed by atoms with Crippen molar-refractivity contribution in [3.63, 3.8) is 0 Å². The molecule has 6 nitrogen and oxygen atoms in total. The maximum atomic E-state index is 10.9. The van der Waals surface area contributed by atoms with Crippen LogP contribution in [0.25, 0.3) is 0 Å². The van der Waals surface area contributed by atoms with E-state index in [9.17, 15) is 13.2 Å². The standard InChI is InChI=1S/C9H13N3O3S/c1-16(14,15)11-6-7-3-2-4-8(5-7)12-9(10)13/h2-5,11H,6H2,1H3,(H3,10,12,13)/i5D. The first-order valence-electron chi connectivity index (χ1n) is 4.89. The zero-order valence-corrected chi connectivity index (χ0v) is 9.47. The molecule has 1 aromatic carbocycles. The molecular formula is C9H13N3O3S. The van der Waals surface area contributed by atoms with Gasteiger partial charge in [0.15, 0.2) is 0 Å². The topological polar surface area (TPSA) is 101 Å². The number of primary amides is 1. The minimum Gasteiger partial charge on any atom is -0.351 e. The molecule has 7 heteroatoms. The number of carbonyl (C=O) groups is 1. The predicted octanol–water partition coefficient (Wildman–Crippen LogP) is 0.226. The lowest BCUT2D eigenvalue weighted by molar-refractivity contribution is 0.259. The van der Waals surface area contributed by atoms with Crippen LogP contribution in [0.1, 0.15) is 6.93 Å². The summed E-state index contributed by atoms with van der Waals surface area (Å²) in [5, 5.41) is 2.28. The second kappa shape index (κ2) is 4.95. The lowest BCUT2D eigenvalue weighted by Gasteiger charge is -2.05. The molecule has 1 rings (SSSR count). The van der Waals surface area contributed by atoms with Crippen molar-refractivity contribution in [2.24, 2.45) is 5.73 Å². The van der Waals surface area contributed by atoms with Crippen molar-refractivity contribution in [3.8, 4) is 0 Å². The van der Waals surface area contributed by atoms with Crippen LogP contribution < -0.4 is 15.8 Å². The summed E-state index contributed by atoms with van der Waals surface area (Å²) < 4.78 is 31.8. The van der Waals surface area contributed by atoms with Crippen LogP contribution in [0, 0.1) is 0 Å². The first-order chi connectivity index (χ1) is 7.79. The lowest BCUT2D eigenvalue weighted by Crippen LogP contribution is -2.22. The lowest BCUT2D eigenvalue weighted by atomic mass is 10.2. The fourth-order valence-electron chi connectivity index (χ4n) is 1.03. The Morgan fingerprint density at radius 2 is 2.25 bits per heavy atom. The van der Waals surface area contributed by atoms with Crippen LogP contribution in [-0.4, -0.2) is 20.7 Å². The number of nitrogens with one attached hydrogen (secondary N) is 2. The number of hydrogen-bond acceptors (Lipinski definition) is 3. The summed E-state index contributed by atoms with van der Waals surface area (Å²) >= 11 is 0. The minimum atomic E-state index is -3.32. The normalized spacial score (nSPS) is 11.9. The number of hydrogen-bond donors (Lipinski definition) is 3. The van der Waals surface area contributed by atoms with Gasteiger partial charge < -0.3 is 11.1 Å². The average molecular weight is 244 g/mol. The number of nitrogens with two attached hydrogens (primary N) is 1. The Balaban J connectivity index is 2.90. The van der Waals surface area contributed by atoms with Gasteiger partial charge in [0.25, 0.3) is 0 Å². The monoisotopic (exact) mass is 244 g/mol. The Hall–Kier alpha value is -1.60. The van der Waals surface area contributed by atoms with Crippen LogP contribution in [0.2, 0.25) is 0 Å². The molecule has 4 N–H and O–H groups in total. The Kier molecular flexibility index (Phi) is 3.37. The van der Waals surface area contributed by atoms with E-state index >= 15 is 0 Å². The smallest absolute Gasteiger partial charge is 0.316 e. The van der Waals surface area contributed by atoms with Crippen molar-refractivity contribution in [2.45, 2.75) is 6.54 Å². The Morgan fingerprint density at radius 1 is 1.56 bits per heavy atom. The molecule has 0 aromatic heterocycles. The van der Waals surface area contributed by atoms with E-state index in [1.54, 1.807) is 12.1 Å². The first-order valence-corrected chi connectivity index (χ1v) is 6.28. The Bertz CT molecular complexity index is 530. The molecule has 0 heterocycles. The number of urea groups is 1. The molecule has 0 bridgehead atoms. The van der Waals surface area contributed by atoms with Crippen molar-refractivity contribution in [1.29, 1.82) is 0 Å². The molecule has 0 spiro atoms. The van der Waals surface area contributed by atoms with Crippen LogP contribution in [-0.2, 0) is 16.6 Å². The average Bonchev–Trinajstić information content (AvgIpc) is 2.17. The Morgan fingerprint density at radius 3 is 2.81 bits per heavy atom. The highest BCUT2D eigenvalue weighted by molar-refractivity contribution is 7.88. The molecule has 0 aliphatic rings. The zero-order valence-electron chi connectivity index (χ0n) is 9.65. The molecule has 0 saturated heterocycles. The number of sulfonamides is 1. The number of rotatable bonds is 4. The van der Waals surface area contributed by atoms with E-state index in [2.05, 4.69) is 10.0 Å². The van der Waals surface area contributed by atoms with E-state index in [0.29, 0.717) is 5.56 Å². The van der Waals surface area contributed by atoms with Gasteiger partial charge in [-0.15, -0.1) is 0 Å². The summed E-state index contributed by atoms with van der Waals surface area (Å²) in [7, 11) is -3.32. The van der Waals surface area contributed by atoms with Crippen molar-refractivity contribution in [1.82, 2.24) is 4.72 Å². The van der Waals surface area contributed by atoms with Crippen LogP contribution in [0.4, 0.5) is 10.5 Å². The third-order valence-corrected chi connectivity index (χ3v) is 2.31. The van der Waals surface area contributed by atoms with Gasteiger partial charge in [-0.05, 0) is 17.7 Å². The minimum absolute atomic E-state index is 0.00799. The molecule has 0 unspecified atom stereocenters. The third-order valence-electron chi connectivity index (χ3n) is 1.64. The van der Waals surface area contributed by atoms with Gasteiger partial charge >= 0.3 is 6.03 Å². The molecule has 88 valence electrons. The van der Waals surface area contributed by atoms with E-state index in [1.807, 2.05) is 0 Å². The molecule has 1 aromatic rings. The molecular weight excluding hydrogens is 230 g/mol. The highest BCUT2D eigenvalue weighted by Crippen LogP contribution is 2.10. The third kappa shape index (κ3) is 4.76. The van der Waals surface area contributed by atoms with E-state index in [1.165, 1.54) is 6.07 Å². The van der Waals surface area contributed by atoms with Gasteiger partial charge in [0.05, 0.1) is 7.63 Å². The number of anilines is 1. The summed E-state index contributed by atoms with van der Waals surface area (Å²) in [6.07, 6.45) is 1.03. The Labute approximate surface area is 95.3 Å². The molecule has 0 aliphatic carbocycles. The summed E-state index contributed by atoms with van der Waals surface area (Å²) in [6, 6.07) is 3.96. The van der Waals surface area contributed by atoms with Gasteiger partial charge in [-0.3, -0.25) is 0 Å². The first kappa shape index (κ1) is 10.9. The van der Waals surface area contributed by atoms with Gasteiger partial charge in [0.2, 0.25) is 10.0 Å². The van der Waals surface area contributed by atoms with Gasteiger partial charge in [-0.1, -0.05) is 12.1 Å². The molecule has 0 aliphatic heterocycles. The fraction of sp³-hybridized carbons (Fsp3) is 0.222. The fourth-order valence-corrected chi connectivity index (χ4v) is 1.45. The van der Waals surface area contributed by atoms with Gasteiger partial charge in [0.1, 0.15) is 0 Å². The van der Waals surface area contributed by atoms with E-state index < -0.39 is 16.1 Å². The maximum Gasteiger partial charge on any atom is 0.316 e. The quantitative estimate of drug-likeness (QED) is 0.706. The number of carbonyl (C=O) groups excluding carboxylic acids is 1. The highest BCUT2D eigenvalue weighted by atomic mass is 32.2. The molecule has 0 saturated carbocycles. The van der Waals surface area contributed by atoms with Crippen molar-refractivity contribution in [2.75, 3.05) is 11.6 Å². The van der Waals surface area contributed by atoms with Crippen molar-refractivity contribution < 1.29 is 14.6 Å². The maximum absolute atomic E-state index is 10.9. The highest BCUT2D eigenvalue weighted by Gasteiger charge is 2.02. The largest absolute Gasteiger partial charge is 0.351 e. The predicted molar refractivity (Wildman–Crippen MR) is 61.3 cm³/mol. The van der Waals surface area contributed by atoms with Crippen molar-refractivity contribution in [3.05, 3.63) is 29.8 Å². The van der Waals surface area contributed by atoms with E-state index in [0.717, 1.165) is 6.26 Å². The van der Waals surface area contributed by atoms with E-state index in [4.69, 9.17) is 7.10 Å². The molecule has 16 heavy (non-hydrogen) atoms. The van der Waals surface area contributed by atoms with Gasteiger partial charge in [0, 0.05) is 12.2 Å². The van der Waals surface area contributed by atoms with Crippen molar-refractivity contribution >= 4 is 21.7 Å². The summed E-state index contributed by atoms with van der Waals surface area (Å²) in [5.74, 6) is 0. The second-order valence-corrected chi connectivity index (χ2v) is 5.01. The van der Waals surface area contributed by atoms with Crippen LogP contribution in [0.3, 0.4) is 0 Å². The molecule has 2 amide bonds. The summed E-state index contributed by atoms with van der Waals surface area (Å²) in [4.78, 5) is 10.7. The van der Waals surface area contributed by atoms with Crippen LogP contribution >= 0.6 is 0 Å². The van der Waals surface area contributed by atoms with E-state index in [-0.39, 0.29) is 18.3 Å². The molecule has 0 atom stereocenters. The zero-order chi connectivity index (χ0) is 13.1. The number of amides is 2. The van der Waals surface area contributed by atoms with Crippen LogP contribution in [0.15, 0.2) is 24.2 Å². The molecule has 0 fully saturated rings.